The van der Waals surface area contributed by atoms with Crippen LogP contribution < -0.4 is 4.74 Å². The zero-order valence-corrected chi connectivity index (χ0v) is 11.8. The van der Waals surface area contributed by atoms with Gasteiger partial charge < -0.3 is 9.47 Å². The monoisotopic (exact) mass is 296 g/mol. The Bertz CT molecular complexity index is 791. The topological polar surface area (TPSA) is 69.7 Å². The quantitative estimate of drug-likeness (QED) is 0.537. The van der Waals surface area contributed by atoms with Crippen LogP contribution in [0.5, 0.6) is 5.75 Å². The molecule has 1 aliphatic rings. The zero-order valence-electron chi connectivity index (χ0n) is 11.8. The molecule has 0 spiro atoms. The van der Waals surface area contributed by atoms with E-state index in [1.54, 1.807) is 31.2 Å². The Morgan fingerprint density at radius 1 is 0.909 bits per heavy atom. The van der Waals surface area contributed by atoms with Gasteiger partial charge in [0.1, 0.15) is 5.75 Å². The lowest BCUT2D eigenvalue weighted by atomic mass is 9.84. The lowest BCUT2D eigenvalue weighted by Gasteiger charge is -2.17. The van der Waals surface area contributed by atoms with Crippen molar-refractivity contribution in [1.82, 2.24) is 0 Å². The molecule has 0 saturated carbocycles. The molecule has 0 unspecified atom stereocenters. The molecule has 3 rings (SSSR count). The van der Waals surface area contributed by atoms with Crippen LogP contribution in [0.2, 0.25) is 0 Å². The second-order valence-electron chi connectivity index (χ2n) is 4.70. The van der Waals surface area contributed by atoms with E-state index in [9.17, 15) is 14.4 Å². The zero-order chi connectivity index (χ0) is 15.7. The molecule has 2 aromatic rings. The molecule has 22 heavy (non-hydrogen) atoms. The first kappa shape index (κ1) is 14.0. The second kappa shape index (κ2) is 5.44. The van der Waals surface area contributed by atoms with Crippen molar-refractivity contribution in [2.75, 3.05) is 6.61 Å². The van der Waals surface area contributed by atoms with Gasteiger partial charge in [0.05, 0.1) is 6.61 Å². The Morgan fingerprint density at radius 2 is 1.50 bits per heavy atom. The minimum absolute atomic E-state index is 0.165. The minimum atomic E-state index is -0.850. The van der Waals surface area contributed by atoms with Crippen molar-refractivity contribution in [3.63, 3.8) is 0 Å². The van der Waals surface area contributed by atoms with Crippen LogP contribution >= 0.6 is 0 Å². The summed E-state index contributed by atoms with van der Waals surface area (Å²) in [5.41, 5.74) is 1.28. The third-order valence-electron chi connectivity index (χ3n) is 3.36. The summed E-state index contributed by atoms with van der Waals surface area (Å²) in [6.45, 7) is 1.85. The highest BCUT2D eigenvalue weighted by molar-refractivity contribution is 6.28. The minimum Gasteiger partial charge on any atom is -0.434 e. The van der Waals surface area contributed by atoms with Crippen LogP contribution in [0.3, 0.4) is 0 Å². The molecule has 5 nitrogen and oxygen atoms in total. The number of ketones is 2. The molecule has 0 amide bonds. The third kappa shape index (κ3) is 2.26. The molecule has 0 aromatic heterocycles. The van der Waals surface area contributed by atoms with E-state index >= 15 is 0 Å². The summed E-state index contributed by atoms with van der Waals surface area (Å²) >= 11 is 0. The molecular weight excluding hydrogens is 284 g/mol. The molecule has 0 N–H and O–H groups in total. The van der Waals surface area contributed by atoms with E-state index in [0.29, 0.717) is 16.7 Å². The first-order chi connectivity index (χ1) is 10.6. The SMILES string of the molecule is CCOC(=O)Oc1ccc2c(c1)C(=O)c1ccccc1C2=O. The van der Waals surface area contributed by atoms with Gasteiger partial charge in [0.2, 0.25) is 0 Å². The molecule has 1 aliphatic carbocycles. The smallest absolute Gasteiger partial charge is 0.434 e. The normalized spacial score (nSPS) is 12.4. The Morgan fingerprint density at radius 3 is 2.14 bits per heavy atom. The van der Waals surface area contributed by atoms with Crippen molar-refractivity contribution in [2.45, 2.75) is 6.92 Å². The van der Waals surface area contributed by atoms with Crippen molar-refractivity contribution in [1.29, 1.82) is 0 Å². The van der Waals surface area contributed by atoms with Crippen molar-refractivity contribution >= 4 is 17.7 Å². The molecule has 0 aliphatic heterocycles. The maximum Gasteiger partial charge on any atom is 0.513 e. The number of fused-ring (bicyclic) bond motifs is 2. The van der Waals surface area contributed by atoms with E-state index in [-0.39, 0.29) is 29.5 Å². The third-order valence-corrected chi connectivity index (χ3v) is 3.36. The maximum atomic E-state index is 12.5. The summed E-state index contributed by atoms with van der Waals surface area (Å²) in [4.78, 5) is 36.2. The van der Waals surface area contributed by atoms with Crippen LogP contribution in [-0.4, -0.2) is 24.3 Å². The van der Waals surface area contributed by atoms with E-state index in [4.69, 9.17) is 4.74 Å². The molecule has 5 heteroatoms. The average Bonchev–Trinajstić information content (AvgIpc) is 2.53. The van der Waals surface area contributed by atoms with Crippen LogP contribution in [0.1, 0.15) is 38.8 Å². The van der Waals surface area contributed by atoms with Gasteiger partial charge in [0, 0.05) is 22.3 Å². The molecule has 0 heterocycles. The van der Waals surface area contributed by atoms with Gasteiger partial charge in [-0.2, -0.15) is 0 Å². The molecule has 110 valence electrons. The predicted molar refractivity (Wildman–Crippen MR) is 77.4 cm³/mol. The van der Waals surface area contributed by atoms with Gasteiger partial charge in [-0.1, -0.05) is 24.3 Å². The van der Waals surface area contributed by atoms with Crippen molar-refractivity contribution in [3.05, 3.63) is 64.7 Å². The summed E-state index contributed by atoms with van der Waals surface area (Å²) in [7, 11) is 0. The number of hydrogen-bond acceptors (Lipinski definition) is 5. The van der Waals surface area contributed by atoms with E-state index in [2.05, 4.69) is 4.74 Å². The van der Waals surface area contributed by atoms with Gasteiger partial charge in [0.25, 0.3) is 0 Å². The highest BCUT2D eigenvalue weighted by atomic mass is 16.7. The second-order valence-corrected chi connectivity index (χ2v) is 4.70. The average molecular weight is 296 g/mol. The standard InChI is InChI=1S/C17H12O5/c1-2-21-17(20)22-10-7-8-13-14(9-10)16(19)12-6-4-3-5-11(12)15(13)18/h3-9H,2H2,1H3. The first-order valence-corrected chi connectivity index (χ1v) is 6.79. The van der Waals surface area contributed by atoms with Crippen LogP contribution in [0, 0.1) is 0 Å². The fourth-order valence-electron chi connectivity index (χ4n) is 2.39. The molecule has 0 atom stereocenters. The molecule has 0 saturated heterocycles. The predicted octanol–water partition coefficient (Wildman–Crippen LogP) is 3.00. The maximum absolute atomic E-state index is 12.5. The summed E-state index contributed by atoms with van der Waals surface area (Å²) < 4.78 is 9.65. The van der Waals surface area contributed by atoms with Crippen LogP contribution in [-0.2, 0) is 4.74 Å². The van der Waals surface area contributed by atoms with Crippen molar-refractivity contribution in [2.24, 2.45) is 0 Å². The first-order valence-electron chi connectivity index (χ1n) is 6.79. The van der Waals surface area contributed by atoms with Gasteiger partial charge in [-0.15, -0.1) is 0 Å². The number of rotatable bonds is 2. The Kier molecular flexibility index (Phi) is 3.47. The summed E-state index contributed by atoms with van der Waals surface area (Å²) in [5.74, 6) is -0.315. The number of carbonyl (C=O) groups is 3. The van der Waals surface area contributed by atoms with E-state index in [0.717, 1.165) is 0 Å². The van der Waals surface area contributed by atoms with Crippen LogP contribution in [0.4, 0.5) is 4.79 Å². The summed E-state index contributed by atoms with van der Waals surface area (Å²) in [6.07, 6.45) is -0.850. The largest absolute Gasteiger partial charge is 0.513 e. The van der Waals surface area contributed by atoms with E-state index < -0.39 is 6.16 Å². The molecule has 0 fully saturated rings. The number of hydrogen-bond donors (Lipinski definition) is 0. The highest BCUT2D eigenvalue weighted by Crippen LogP contribution is 2.29. The fourth-order valence-corrected chi connectivity index (χ4v) is 2.39. The van der Waals surface area contributed by atoms with Gasteiger partial charge in [-0.25, -0.2) is 4.79 Å². The van der Waals surface area contributed by atoms with E-state index in [1.807, 2.05) is 0 Å². The molecular formula is C17H12O5. The lowest BCUT2D eigenvalue weighted by molar-refractivity contribution is 0.0976. The summed E-state index contributed by atoms with van der Waals surface area (Å²) in [6, 6.07) is 11.0. The summed E-state index contributed by atoms with van der Waals surface area (Å²) in [5, 5.41) is 0. The van der Waals surface area contributed by atoms with Crippen LogP contribution in [0.15, 0.2) is 42.5 Å². The van der Waals surface area contributed by atoms with Crippen molar-refractivity contribution in [3.8, 4) is 5.75 Å². The van der Waals surface area contributed by atoms with Crippen molar-refractivity contribution < 1.29 is 23.9 Å². The van der Waals surface area contributed by atoms with Gasteiger partial charge in [0.15, 0.2) is 11.6 Å². The Hall–Kier alpha value is -2.95. The molecule has 0 radical (unpaired) electrons. The number of ether oxygens (including phenoxy) is 2. The lowest BCUT2D eigenvalue weighted by Crippen LogP contribution is -2.21. The van der Waals surface area contributed by atoms with Gasteiger partial charge in [-0.05, 0) is 25.1 Å². The number of benzene rings is 2. The fraction of sp³-hybridized carbons (Fsp3) is 0.118. The van der Waals surface area contributed by atoms with Crippen LogP contribution in [0.25, 0.3) is 0 Å². The highest BCUT2D eigenvalue weighted by Gasteiger charge is 2.29. The molecule has 2 aromatic carbocycles. The van der Waals surface area contributed by atoms with E-state index in [1.165, 1.54) is 18.2 Å². The Labute approximate surface area is 126 Å². The Balaban J connectivity index is 2.01. The van der Waals surface area contributed by atoms with Gasteiger partial charge in [-0.3, -0.25) is 9.59 Å². The number of carbonyl (C=O) groups excluding carboxylic acids is 3. The van der Waals surface area contributed by atoms with Gasteiger partial charge >= 0.3 is 6.16 Å². The molecule has 0 bridgehead atoms.